The van der Waals surface area contributed by atoms with Crippen LogP contribution >= 0.6 is 0 Å². The van der Waals surface area contributed by atoms with Crippen molar-refractivity contribution in [2.45, 2.75) is 32.1 Å². The normalized spacial score (nSPS) is 26.7. The van der Waals surface area contributed by atoms with Gasteiger partial charge in [-0.05, 0) is 38.6 Å². The highest BCUT2D eigenvalue weighted by molar-refractivity contribution is 5.80. The van der Waals surface area contributed by atoms with Gasteiger partial charge in [-0.15, -0.1) is 0 Å². The van der Waals surface area contributed by atoms with E-state index in [1.54, 1.807) is 0 Å². The van der Waals surface area contributed by atoms with Crippen LogP contribution < -0.4 is 10.6 Å². The fraction of sp³-hybridized carbons (Fsp3) is 0.867. The molecule has 1 heterocycles. The lowest BCUT2D eigenvalue weighted by Crippen LogP contribution is -2.43. The van der Waals surface area contributed by atoms with Crippen LogP contribution in [0.3, 0.4) is 0 Å². The smallest absolute Gasteiger partial charge is 0.306 e. The van der Waals surface area contributed by atoms with Crippen LogP contribution in [0, 0.1) is 11.8 Å². The zero-order valence-corrected chi connectivity index (χ0v) is 12.6. The highest BCUT2D eigenvalue weighted by Gasteiger charge is 2.33. The molecular weight excluding hydrogens is 270 g/mol. The average molecular weight is 297 g/mol. The maximum Gasteiger partial charge on any atom is 0.306 e. The van der Waals surface area contributed by atoms with E-state index in [0.717, 1.165) is 45.6 Å². The summed E-state index contributed by atoms with van der Waals surface area (Å²) in [6.07, 6.45) is 3.94. The summed E-state index contributed by atoms with van der Waals surface area (Å²) in [5.74, 6) is -1.14. The zero-order chi connectivity index (χ0) is 15.1. The average Bonchev–Trinajstić information content (AvgIpc) is 2.98. The molecule has 2 unspecified atom stereocenters. The fourth-order valence-electron chi connectivity index (χ4n) is 3.20. The van der Waals surface area contributed by atoms with Crippen molar-refractivity contribution < 1.29 is 14.7 Å². The molecule has 2 fully saturated rings. The molecule has 2 atom stereocenters. The minimum atomic E-state index is -0.763. The number of carbonyl (C=O) groups is 2. The number of unbranched alkanes of at least 4 members (excludes halogenated alkanes) is 1. The van der Waals surface area contributed by atoms with Crippen molar-refractivity contribution in [3.05, 3.63) is 0 Å². The molecular formula is C15H27N3O3. The van der Waals surface area contributed by atoms with Gasteiger partial charge in [0.2, 0.25) is 5.91 Å². The lowest BCUT2D eigenvalue weighted by Gasteiger charge is -2.27. The first-order valence-corrected chi connectivity index (χ1v) is 8.10. The molecule has 1 aliphatic carbocycles. The van der Waals surface area contributed by atoms with E-state index in [2.05, 4.69) is 15.5 Å². The number of hydrogen-bond acceptors (Lipinski definition) is 4. The third kappa shape index (κ3) is 5.28. The monoisotopic (exact) mass is 297 g/mol. The Hall–Kier alpha value is -1.14. The van der Waals surface area contributed by atoms with Crippen LogP contribution in [0.25, 0.3) is 0 Å². The van der Waals surface area contributed by atoms with Crippen LogP contribution in [-0.4, -0.2) is 61.2 Å². The van der Waals surface area contributed by atoms with E-state index in [1.807, 2.05) is 0 Å². The largest absolute Gasteiger partial charge is 0.481 e. The Morgan fingerprint density at radius 3 is 2.52 bits per heavy atom. The lowest BCUT2D eigenvalue weighted by molar-refractivity contribution is -0.141. The van der Waals surface area contributed by atoms with Crippen molar-refractivity contribution in [2.24, 2.45) is 11.8 Å². The number of amides is 1. The van der Waals surface area contributed by atoms with Crippen LogP contribution in [-0.2, 0) is 9.59 Å². The second-order valence-corrected chi connectivity index (χ2v) is 6.13. The number of hydrogen-bond donors (Lipinski definition) is 3. The topological polar surface area (TPSA) is 81.7 Å². The second-order valence-electron chi connectivity index (χ2n) is 6.13. The molecule has 6 heteroatoms. The van der Waals surface area contributed by atoms with Gasteiger partial charge in [-0.2, -0.15) is 0 Å². The number of nitrogens with one attached hydrogen (secondary N) is 2. The Balaban J connectivity index is 1.52. The SMILES string of the molecule is O=C(O)C1CCC(C(=O)NCCCCN2CCNCC2)C1. The Kier molecular flexibility index (Phi) is 6.45. The number of rotatable bonds is 7. The third-order valence-corrected chi connectivity index (χ3v) is 4.56. The van der Waals surface area contributed by atoms with Crippen LogP contribution in [0.15, 0.2) is 0 Å². The first-order chi connectivity index (χ1) is 10.2. The van der Waals surface area contributed by atoms with Gasteiger partial charge < -0.3 is 20.6 Å². The molecule has 1 saturated heterocycles. The quantitative estimate of drug-likeness (QED) is 0.588. The molecule has 21 heavy (non-hydrogen) atoms. The van der Waals surface area contributed by atoms with E-state index in [0.29, 0.717) is 25.8 Å². The Labute approximate surface area is 126 Å². The van der Waals surface area contributed by atoms with E-state index in [9.17, 15) is 9.59 Å². The first kappa shape index (κ1) is 16.2. The van der Waals surface area contributed by atoms with Gasteiger partial charge in [0.15, 0.2) is 0 Å². The number of carboxylic acids is 1. The van der Waals surface area contributed by atoms with Gasteiger partial charge in [-0.25, -0.2) is 0 Å². The Morgan fingerprint density at radius 1 is 1.14 bits per heavy atom. The third-order valence-electron chi connectivity index (χ3n) is 4.56. The maximum absolute atomic E-state index is 12.0. The predicted octanol–water partition coefficient (Wildman–Crippen LogP) is 0.289. The highest BCUT2D eigenvalue weighted by atomic mass is 16.4. The van der Waals surface area contributed by atoms with Crippen LogP contribution in [0.1, 0.15) is 32.1 Å². The summed E-state index contributed by atoms with van der Waals surface area (Å²) in [5, 5.41) is 15.2. The summed E-state index contributed by atoms with van der Waals surface area (Å²) in [5.41, 5.74) is 0. The summed E-state index contributed by atoms with van der Waals surface area (Å²) in [4.78, 5) is 25.3. The zero-order valence-electron chi connectivity index (χ0n) is 12.6. The molecule has 2 rings (SSSR count). The summed E-state index contributed by atoms with van der Waals surface area (Å²) >= 11 is 0. The number of carbonyl (C=O) groups excluding carboxylic acids is 1. The van der Waals surface area contributed by atoms with Gasteiger partial charge in [0.05, 0.1) is 5.92 Å². The lowest BCUT2D eigenvalue weighted by atomic mass is 10.0. The molecule has 2 aliphatic rings. The van der Waals surface area contributed by atoms with Crippen LogP contribution in [0.4, 0.5) is 0 Å². The molecule has 120 valence electrons. The van der Waals surface area contributed by atoms with Crippen LogP contribution in [0.5, 0.6) is 0 Å². The van der Waals surface area contributed by atoms with Crippen LogP contribution in [0.2, 0.25) is 0 Å². The number of nitrogens with zero attached hydrogens (tertiary/aromatic N) is 1. The number of carboxylic acid groups (broad SMARTS) is 1. The minimum absolute atomic E-state index is 0.0425. The first-order valence-electron chi connectivity index (χ1n) is 8.10. The van der Waals surface area contributed by atoms with Crippen molar-refractivity contribution in [1.29, 1.82) is 0 Å². The molecule has 0 bridgehead atoms. The van der Waals surface area contributed by atoms with E-state index >= 15 is 0 Å². The molecule has 1 saturated carbocycles. The van der Waals surface area contributed by atoms with Crippen molar-refractivity contribution in [2.75, 3.05) is 39.3 Å². The summed E-state index contributed by atoms with van der Waals surface area (Å²) < 4.78 is 0. The minimum Gasteiger partial charge on any atom is -0.481 e. The highest BCUT2D eigenvalue weighted by Crippen LogP contribution is 2.31. The number of aliphatic carboxylic acids is 1. The molecule has 0 radical (unpaired) electrons. The molecule has 0 aromatic carbocycles. The maximum atomic E-state index is 12.0. The summed E-state index contributed by atoms with van der Waals surface area (Å²) in [6, 6.07) is 0. The van der Waals surface area contributed by atoms with E-state index in [1.165, 1.54) is 0 Å². The van der Waals surface area contributed by atoms with Gasteiger partial charge >= 0.3 is 5.97 Å². The second kappa shape index (κ2) is 8.34. The van der Waals surface area contributed by atoms with Gasteiger partial charge in [-0.3, -0.25) is 9.59 Å². The van der Waals surface area contributed by atoms with Crippen molar-refractivity contribution >= 4 is 11.9 Å². The van der Waals surface area contributed by atoms with Gasteiger partial charge in [0, 0.05) is 38.6 Å². The van der Waals surface area contributed by atoms with Gasteiger partial charge in [-0.1, -0.05) is 0 Å². The molecule has 0 aromatic rings. The number of piperazine rings is 1. The molecule has 3 N–H and O–H groups in total. The van der Waals surface area contributed by atoms with Crippen molar-refractivity contribution in [3.8, 4) is 0 Å². The van der Waals surface area contributed by atoms with Gasteiger partial charge in [0.1, 0.15) is 0 Å². The molecule has 1 amide bonds. The van der Waals surface area contributed by atoms with Gasteiger partial charge in [0.25, 0.3) is 0 Å². The van der Waals surface area contributed by atoms with Crippen molar-refractivity contribution in [1.82, 2.24) is 15.5 Å². The summed E-state index contributed by atoms with van der Waals surface area (Å²) in [7, 11) is 0. The van der Waals surface area contributed by atoms with E-state index < -0.39 is 5.97 Å². The fourth-order valence-corrected chi connectivity index (χ4v) is 3.20. The molecule has 1 aliphatic heterocycles. The van der Waals surface area contributed by atoms with E-state index in [4.69, 9.17) is 5.11 Å². The molecule has 6 nitrogen and oxygen atoms in total. The van der Waals surface area contributed by atoms with E-state index in [-0.39, 0.29) is 17.7 Å². The summed E-state index contributed by atoms with van der Waals surface area (Å²) in [6.45, 7) is 6.18. The van der Waals surface area contributed by atoms with Crippen molar-refractivity contribution in [3.63, 3.8) is 0 Å². The standard InChI is InChI=1S/C15H27N3O3/c19-14(12-3-4-13(11-12)15(20)21)17-5-1-2-8-18-9-6-16-7-10-18/h12-13,16H,1-11H2,(H,17,19)(H,20,21). The Bertz CT molecular complexity index is 356. The Morgan fingerprint density at radius 2 is 1.86 bits per heavy atom. The predicted molar refractivity (Wildman–Crippen MR) is 80.0 cm³/mol. The molecule has 0 spiro atoms. The molecule has 0 aromatic heterocycles.